The monoisotopic (exact) mass is 384 g/mol. The van der Waals surface area contributed by atoms with Gasteiger partial charge in [0, 0.05) is 25.1 Å². The van der Waals surface area contributed by atoms with Crippen LogP contribution in [-0.2, 0) is 22.7 Å². The molecule has 0 bridgehead atoms. The van der Waals surface area contributed by atoms with E-state index in [-0.39, 0.29) is 18.2 Å². The molecule has 1 aromatic heterocycles. The van der Waals surface area contributed by atoms with E-state index in [0.717, 1.165) is 18.6 Å². The molecule has 3 rings (SSSR count). The van der Waals surface area contributed by atoms with Gasteiger partial charge in [-0.05, 0) is 24.1 Å². The number of amides is 1. The molecule has 8 heteroatoms. The molecule has 1 saturated heterocycles. The van der Waals surface area contributed by atoms with E-state index < -0.39 is 0 Å². The van der Waals surface area contributed by atoms with Crippen LogP contribution in [0.5, 0.6) is 0 Å². The summed E-state index contributed by atoms with van der Waals surface area (Å²) < 4.78 is 16.0. The number of hydrogen-bond donors (Lipinski definition) is 1. The number of aromatic nitrogens is 1. The predicted octanol–water partition coefficient (Wildman–Crippen LogP) is 3.46. The number of rotatable bonds is 7. The van der Waals surface area contributed by atoms with Crippen molar-refractivity contribution in [2.75, 3.05) is 19.8 Å². The number of ether oxygens (including phenoxy) is 2. The van der Waals surface area contributed by atoms with Crippen LogP contribution in [0.3, 0.4) is 0 Å². The lowest BCUT2D eigenvalue weighted by atomic mass is 10.1. The van der Waals surface area contributed by atoms with E-state index in [4.69, 9.17) is 37.2 Å². The molecule has 2 aromatic rings. The summed E-state index contributed by atoms with van der Waals surface area (Å²) in [5, 5.41) is 7.60. The molecule has 25 heavy (non-hydrogen) atoms. The van der Waals surface area contributed by atoms with Gasteiger partial charge in [-0.3, -0.25) is 4.79 Å². The molecule has 1 aromatic carbocycles. The first-order valence-electron chi connectivity index (χ1n) is 7.95. The summed E-state index contributed by atoms with van der Waals surface area (Å²) in [5.41, 5.74) is 1.14. The van der Waals surface area contributed by atoms with E-state index in [2.05, 4.69) is 10.5 Å². The molecule has 0 spiro atoms. The summed E-state index contributed by atoms with van der Waals surface area (Å²) >= 11 is 11.8. The molecule has 0 saturated carbocycles. The number of hydrogen-bond acceptors (Lipinski definition) is 5. The van der Waals surface area contributed by atoms with Gasteiger partial charge in [0.25, 0.3) is 5.91 Å². The molecule has 1 unspecified atom stereocenters. The van der Waals surface area contributed by atoms with Crippen LogP contribution in [0.1, 0.15) is 28.2 Å². The van der Waals surface area contributed by atoms with Crippen LogP contribution in [-0.4, -0.2) is 30.8 Å². The third kappa shape index (κ3) is 5.19. The molecular weight excluding hydrogens is 367 g/mol. The molecule has 1 N–H and O–H groups in total. The minimum Gasteiger partial charge on any atom is -0.381 e. The fraction of sp³-hybridized carbons (Fsp3) is 0.412. The highest BCUT2D eigenvalue weighted by atomic mass is 35.5. The lowest BCUT2D eigenvalue weighted by Gasteiger charge is -2.07. The van der Waals surface area contributed by atoms with Crippen molar-refractivity contribution >= 4 is 29.1 Å². The van der Waals surface area contributed by atoms with Crippen LogP contribution in [0, 0.1) is 5.92 Å². The van der Waals surface area contributed by atoms with Crippen molar-refractivity contribution in [3.05, 3.63) is 51.3 Å². The van der Waals surface area contributed by atoms with Crippen LogP contribution >= 0.6 is 23.2 Å². The molecule has 1 amide bonds. The second kappa shape index (κ2) is 8.67. The highest BCUT2D eigenvalue weighted by molar-refractivity contribution is 6.42. The predicted molar refractivity (Wildman–Crippen MR) is 92.7 cm³/mol. The van der Waals surface area contributed by atoms with Crippen molar-refractivity contribution in [3.8, 4) is 0 Å². The fourth-order valence-corrected chi connectivity index (χ4v) is 2.78. The summed E-state index contributed by atoms with van der Waals surface area (Å²) in [6.45, 7) is 2.57. The number of carbonyl (C=O) groups is 1. The zero-order chi connectivity index (χ0) is 17.6. The minimum atomic E-state index is -0.258. The van der Waals surface area contributed by atoms with Crippen molar-refractivity contribution in [2.45, 2.75) is 19.6 Å². The summed E-state index contributed by atoms with van der Waals surface area (Å²) in [7, 11) is 0. The first-order chi connectivity index (χ1) is 12.1. The van der Waals surface area contributed by atoms with Crippen molar-refractivity contribution in [1.82, 2.24) is 10.5 Å². The van der Waals surface area contributed by atoms with Crippen molar-refractivity contribution < 1.29 is 18.8 Å². The highest BCUT2D eigenvalue weighted by Crippen LogP contribution is 2.23. The van der Waals surface area contributed by atoms with Crippen LogP contribution in [0.4, 0.5) is 0 Å². The molecule has 1 atom stereocenters. The quantitative estimate of drug-likeness (QED) is 0.790. The van der Waals surface area contributed by atoms with Gasteiger partial charge in [0.1, 0.15) is 6.61 Å². The lowest BCUT2D eigenvalue weighted by Crippen LogP contribution is -2.29. The fourth-order valence-electron chi connectivity index (χ4n) is 2.46. The Kier molecular flexibility index (Phi) is 6.31. The van der Waals surface area contributed by atoms with Gasteiger partial charge < -0.3 is 19.3 Å². The maximum Gasteiger partial charge on any atom is 0.273 e. The Balaban J connectivity index is 1.44. The molecule has 6 nitrogen and oxygen atoms in total. The van der Waals surface area contributed by atoms with Gasteiger partial charge in [0.05, 0.1) is 23.3 Å². The summed E-state index contributed by atoms with van der Waals surface area (Å²) in [5.74, 6) is 0.589. The first-order valence-corrected chi connectivity index (χ1v) is 8.70. The molecule has 1 fully saturated rings. The van der Waals surface area contributed by atoms with Gasteiger partial charge in [-0.25, -0.2) is 0 Å². The number of carbonyl (C=O) groups excluding carboxylic acids is 1. The Bertz CT molecular complexity index is 729. The normalized spacial score (nSPS) is 17.0. The molecule has 0 radical (unpaired) electrons. The molecule has 2 heterocycles. The summed E-state index contributed by atoms with van der Waals surface area (Å²) in [4.78, 5) is 12.0. The van der Waals surface area contributed by atoms with E-state index in [9.17, 15) is 4.79 Å². The molecule has 1 aliphatic heterocycles. The van der Waals surface area contributed by atoms with Gasteiger partial charge in [-0.1, -0.05) is 34.4 Å². The average molecular weight is 385 g/mol. The van der Waals surface area contributed by atoms with Crippen LogP contribution in [0.2, 0.25) is 10.0 Å². The van der Waals surface area contributed by atoms with Gasteiger partial charge in [0.2, 0.25) is 0 Å². The number of benzene rings is 1. The second-order valence-electron chi connectivity index (χ2n) is 5.86. The Morgan fingerprint density at radius 2 is 2.16 bits per heavy atom. The van der Waals surface area contributed by atoms with Crippen molar-refractivity contribution in [2.24, 2.45) is 5.92 Å². The molecule has 1 aliphatic rings. The van der Waals surface area contributed by atoms with E-state index in [1.165, 1.54) is 0 Å². The van der Waals surface area contributed by atoms with E-state index >= 15 is 0 Å². The maximum atomic E-state index is 12.0. The smallest absolute Gasteiger partial charge is 0.273 e. The van der Waals surface area contributed by atoms with Crippen molar-refractivity contribution in [1.29, 1.82) is 0 Å². The van der Waals surface area contributed by atoms with Crippen LogP contribution in [0.25, 0.3) is 0 Å². The third-order valence-electron chi connectivity index (χ3n) is 3.86. The minimum absolute atomic E-state index is 0.205. The maximum absolute atomic E-state index is 12.0. The first kappa shape index (κ1) is 18.2. The van der Waals surface area contributed by atoms with Gasteiger partial charge >= 0.3 is 0 Å². The van der Waals surface area contributed by atoms with E-state index in [1.54, 1.807) is 18.2 Å². The topological polar surface area (TPSA) is 73.6 Å². The van der Waals surface area contributed by atoms with E-state index in [0.29, 0.717) is 41.5 Å². The number of nitrogens with one attached hydrogen (secondary N) is 1. The Morgan fingerprint density at radius 1 is 1.28 bits per heavy atom. The summed E-state index contributed by atoms with van der Waals surface area (Å²) in [6.07, 6.45) is 0.965. The van der Waals surface area contributed by atoms with Crippen LogP contribution < -0.4 is 5.32 Å². The van der Waals surface area contributed by atoms with Crippen molar-refractivity contribution in [3.63, 3.8) is 0 Å². The molecule has 134 valence electrons. The van der Waals surface area contributed by atoms with Crippen LogP contribution in [0.15, 0.2) is 28.8 Å². The summed E-state index contributed by atoms with van der Waals surface area (Å²) in [6, 6.07) is 6.88. The largest absolute Gasteiger partial charge is 0.381 e. The molecular formula is C17H18Cl2N2O4. The van der Waals surface area contributed by atoms with Gasteiger partial charge in [-0.2, -0.15) is 0 Å². The Morgan fingerprint density at radius 3 is 2.92 bits per heavy atom. The zero-order valence-corrected chi connectivity index (χ0v) is 15.0. The molecule has 0 aliphatic carbocycles. The SMILES string of the molecule is O=C(NCC1CCOC1)c1cc(COCc2ccc(Cl)c(Cl)c2)on1. The van der Waals surface area contributed by atoms with Gasteiger partial charge in [-0.15, -0.1) is 0 Å². The third-order valence-corrected chi connectivity index (χ3v) is 4.60. The Labute approximate surface area is 155 Å². The second-order valence-corrected chi connectivity index (χ2v) is 6.67. The standard InChI is InChI=1S/C17H18Cl2N2O4/c18-14-2-1-11(5-15(14)19)8-24-10-13-6-16(21-25-13)17(22)20-7-12-3-4-23-9-12/h1-2,5-6,12H,3-4,7-10H2,(H,20,22). The average Bonchev–Trinajstić information content (AvgIpc) is 3.28. The highest BCUT2D eigenvalue weighted by Gasteiger charge is 2.18. The Hall–Kier alpha value is -1.60. The number of halogens is 2. The lowest BCUT2D eigenvalue weighted by molar-refractivity contribution is 0.0877. The van der Waals surface area contributed by atoms with E-state index in [1.807, 2.05) is 6.07 Å². The van der Waals surface area contributed by atoms with Gasteiger partial charge in [0.15, 0.2) is 11.5 Å². The zero-order valence-electron chi connectivity index (χ0n) is 13.5. The number of nitrogens with zero attached hydrogens (tertiary/aromatic N) is 1.